The van der Waals surface area contributed by atoms with Gasteiger partial charge in [0, 0.05) is 20.6 Å². The van der Waals surface area contributed by atoms with Gasteiger partial charge >= 0.3 is 0 Å². The minimum Gasteiger partial charge on any atom is -0.396 e. The molecule has 0 fully saturated rings. The summed E-state index contributed by atoms with van der Waals surface area (Å²) in [6.45, 7) is 2.85. The molecule has 0 heterocycles. The normalized spacial score (nSPS) is 9.67. The first kappa shape index (κ1) is 13.8. The SMILES string of the molecule is CCN(CC(=O)N(C)C)c1cccc(C#N)c1N. The molecule has 18 heavy (non-hydrogen) atoms. The average molecular weight is 246 g/mol. The molecular formula is C13H18N4O. The number of carbonyl (C=O) groups is 1. The summed E-state index contributed by atoms with van der Waals surface area (Å²) >= 11 is 0. The lowest BCUT2D eigenvalue weighted by atomic mass is 10.1. The first-order valence-electron chi connectivity index (χ1n) is 5.75. The van der Waals surface area contributed by atoms with Gasteiger partial charge in [-0.1, -0.05) is 6.07 Å². The van der Waals surface area contributed by atoms with Crippen molar-refractivity contribution in [3.8, 4) is 6.07 Å². The number of rotatable bonds is 4. The van der Waals surface area contributed by atoms with Crippen molar-refractivity contribution in [2.45, 2.75) is 6.92 Å². The highest BCUT2D eigenvalue weighted by molar-refractivity contribution is 5.83. The predicted molar refractivity (Wildman–Crippen MR) is 72.2 cm³/mol. The highest BCUT2D eigenvalue weighted by Crippen LogP contribution is 2.26. The molecule has 1 rings (SSSR count). The average Bonchev–Trinajstić information content (AvgIpc) is 2.36. The van der Waals surface area contributed by atoms with Gasteiger partial charge in [0.25, 0.3) is 0 Å². The molecule has 2 N–H and O–H groups in total. The van der Waals surface area contributed by atoms with Crippen LogP contribution in [0, 0.1) is 11.3 Å². The highest BCUT2D eigenvalue weighted by atomic mass is 16.2. The number of hydrogen-bond acceptors (Lipinski definition) is 4. The Hall–Kier alpha value is -2.22. The number of likely N-dealkylation sites (N-methyl/N-ethyl adjacent to an activating group) is 2. The molecule has 0 unspecified atom stereocenters. The summed E-state index contributed by atoms with van der Waals surface area (Å²) < 4.78 is 0. The zero-order chi connectivity index (χ0) is 13.7. The molecule has 1 amide bonds. The molecular weight excluding hydrogens is 228 g/mol. The lowest BCUT2D eigenvalue weighted by molar-refractivity contribution is -0.127. The van der Waals surface area contributed by atoms with Gasteiger partial charge in [-0.15, -0.1) is 0 Å². The quantitative estimate of drug-likeness (QED) is 0.806. The maximum absolute atomic E-state index is 11.7. The number of nitrogen functional groups attached to an aromatic ring is 1. The fourth-order valence-electron chi connectivity index (χ4n) is 1.60. The van der Waals surface area contributed by atoms with Gasteiger partial charge in [0.05, 0.1) is 23.5 Å². The van der Waals surface area contributed by atoms with E-state index in [4.69, 9.17) is 11.0 Å². The van der Waals surface area contributed by atoms with E-state index in [-0.39, 0.29) is 12.5 Å². The number of anilines is 2. The third-order valence-corrected chi connectivity index (χ3v) is 2.75. The standard InChI is InChI=1S/C13H18N4O/c1-4-17(9-12(18)16(2)3)11-7-5-6-10(8-14)13(11)15/h5-7H,4,9,15H2,1-3H3. The second-order valence-corrected chi connectivity index (χ2v) is 4.15. The Bertz CT molecular complexity index is 476. The van der Waals surface area contributed by atoms with Crippen molar-refractivity contribution in [2.24, 2.45) is 0 Å². The molecule has 0 aliphatic carbocycles. The maximum atomic E-state index is 11.7. The van der Waals surface area contributed by atoms with Crippen LogP contribution in [0.4, 0.5) is 11.4 Å². The molecule has 0 spiro atoms. The summed E-state index contributed by atoms with van der Waals surface area (Å²) in [5, 5.41) is 8.94. The van der Waals surface area contributed by atoms with E-state index in [0.717, 1.165) is 5.69 Å². The molecule has 0 saturated heterocycles. The van der Waals surface area contributed by atoms with E-state index >= 15 is 0 Å². The van der Waals surface area contributed by atoms with Crippen LogP contribution in [-0.4, -0.2) is 38.0 Å². The Labute approximate surface area is 107 Å². The van der Waals surface area contributed by atoms with Crippen LogP contribution >= 0.6 is 0 Å². The van der Waals surface area contributed by atoms with Crippen molar-refractivity contribution in [1.29, 1.82) is 5.26 Å². The lowest BCUT2D eigenvalue weighted by Gasteiger charge is -2.25. The van der Waals surface area contributed by atoms with Crippen LogP contribution in [-0.2, 0) is 4.79 Å². The first-order valence-corrected chi connectivity index (χ1v) is 5.75. The fraction of sp³-hybridized carbons (Fsp3) is 0.385. The van der Waals surface area contributed by atoms with Gasteiger partial charge in [0.15, 0.2) is 0 Å². The van der Waals surface area contributed by atoms with E-state index in [2.05, 4.69) is 0 Å². The molecule has 0 aliphatic rings. The summed E-state index contributed by atoms with van der Waals surface area (Å²) in [5.74, 6) is -0.00129. The molecule has 0 aliphatic heterocycles. The van der Waals surface area contributed by atoms with Gasteiger partial charge in [-0.25, -0.2) is 0 Å². The largest absolute Gasteiger partial charge is 0.396 e. The molecule has 0 radical (unpaired) electrons. The molecule has 0 bridgehead atoms. The summed E-state index contributed by atoms with van der Waals surface area (Å²) in [4.78, 5) is 15.1. The van der Waals surface area contributed by atoms with Gasteiger partial charge < -0.3 is 15.5 Å². The summed E-state index contributed by atoms with van der Waals surface area (Å²) in [7, 11) is 3.43. The smallest absolute Gasteiger partial charge is 0.241 e. The molecule has 0 saturated carbocycles. The number of para-hydroxylation sites is 1. The fourth-order valence-corrected chi connectivity index (χ4v) is 1.60. The first-order chi connectivity index (χ1) is 8.51. The van der Waals surface area contributed by atoms with Crippen molar-refractivity contribution in [3.63, 3.8) is 0 Å². The van der Waals surface area contributed by atoms with E-state index in [9.17, 15) is 4.79 Å². The van der Waals surface area contributed by atoms with Crippen LogP contribution in [0.1, 0.15) is 12.5 Å². The minimum atomic E-state index is -0.00129. The maximum Gasteiger partial charge on any atom is 0.241 e. The van der Waals surface area contributed by atoms with Crippen molar-refractivity contribution in [3.05, 3.63) is 23.8 Å². The molecule has 1 aromatic rings. The molecule has 0 atom stereocenters. The van der Waals surface area contributed by atoms with Crippen molar-refractivity contribution in [2.75, 3.05) is 37.8 Å². The van der Waals surface area contributed by atoms with Crippen LogP contribution in [0.25, 0.3) is 0 Å². The molecule has 0 aromatic heterocycles. The van der Waals surface area contributed by atoms with Gasteiger partial charge in [0.1, 0.15) is 6.07 Å². The Kier molecular flexibility index (Phi) is 4.55. The van der Waals surface area contributed by atoms with E-state index < -0.39 is 0 Å². The Morgan fingerprint density at radius 1 is 1.44 bits per heavy atom. The number of benzene rings is 1. The number of amides is 1. The minimum absolute atomic E-state index is 0.00129. The summed E-state index contributed by atoms with van der Waals surface area (Å²) in [6, 6.07) is 7.30. The van der Waals surface area contributed by atoms with Crippen molar-refractivity contribution >= 4 is 17.3 Å². The van der Waals surface area contributed by atoms with Crippen LogP contribution in [0.5, 0.6) is 0 Å². The Morgan fingerprint density at radius 3 is 2.61 bits per heavy atom. The van der Waals surface area contributed by atoms with Crippen LogP contribution in [0.15, 0.2) is 18.2 Å². The second-order valence-electron chi connectivity index (χ2n) is 4.15. The van der Waals surface area contributed by atoms with Crippen LogP contribution in [0.2, 0.25) is 0 Å². The zero-order valence-corrected chi connectivity index (χ0v) is 11.0. The van der Waals surface area contributed by atoms with Crippen LogP contribution < -0.4 is 10.6 Å². The van der Waals surface area contributed by atoms with E-state index in [1.807, 2.05) is 24.0 Å². The van der Waals surface area contributed by atoms with Gasteiger partial charge in [-0.2, -0.15) is 5.26 Å². The number of hydrogen-bond donors (Lipinski definition) is 1. The molecule has 5 heteroatoms. The molecule has 96 valence electrons. The van der Waals surface area contributed by atoms with Crippen LogP contribution in [0.3, 0.4) is 0 Å². The van der Waals surface area contributed by atoms with Gasteiger partial charge in [-0.05, 0) is 19.1 Å². The second kappa shape index (κ2) is 5.92. The zero-order valence-electron chi connectivity index (χ0n) is 11.0. The Balaban J connectivity index is 3.03. The molecule has 5 nitrogen and oxygen atoms in total. The van der Waals surface area contributed by atoms with Gasteiger partial charge in [-0.3, -0.25) is 4.79 Å². The van der Waals surface area contributed by atoms with E-state index in [1.54, 1.807) is 26.2 Å². The number of nitrogens with two attached hydrogens (primary N) is 1. The third-order valence-electron chi connectivity index (χ3n) is 2.75. The summed E-state index contributed by atoms with van der Waals surface area (Å²) in [6.07, 6.45) is 0. The lowest BCUT2D eigenvalue weighted by Crippen LogP contribution is -2.37. The van der Waals surface area contributed by atoms with Gasteiger partial charge in [0.2, 0.25) is 5.91 Å². The van der Waals surface area contributed by atoms with E-state index in [0.29, 0.717) is 17.8 Å². The third kappa shape index (κ3) is 2.92. The predicted octanol–water partition coefficient (Wildman–Crippen LogP) is 1.05. The Morgan fingerprint density at radius 2 is 2.11 bits per heavy atom. The number of nitriles is 1. The van der Waals surface area contributed by atoms with Crippen molar-refractivity contribution in [1.82, 2.24) is 4.90 Å². The summed E-state index contributed by atoms with van der Waals surface area (Å²) in [5.41, 5.74) is 7.52. The highest BCUT2D eigenvalue weighted by Gasteiger charge is 2.15. The topological polar surface area (TPSA) is 73.4 Å². The monoisotopic (exact) mass is 246 g/mol. The number of nitrogens with zero attached hydrogens (tertiary/aromatic N) is 3. The molecule has 1 aromatic carbocycles. The van der Waals surface area contributed by atoms with Crippen molar-refractivity contribution < 1.29 is 4.79 Å². The van der Waals surface area contributed by atoms with E-state index in [1.165, 1.54) is 4.90 Å². The number of carbonyl (C=O) groups excluding carboxylic acids is 1.